The van der Waals surface area contributed by atoms with Crippen LogP contribution in [0.15, 0.2) is 5.38 Å². The normalized spacial score (nSPS) is 27.8. The summed E-state index contributed by atoms with van der Waals surface area (Å²) < 4.78 is 3.80. The van der Waals surface area contributed by atoms with Gasteiger partial charge >= 0.3 is 0 Å². The van der Waals surface area contributed by atoms with Gasteiger partial charge in [0.25, 0.3) is 0 Å². The molecule has 78 valence electrons. The fourth-order valence-electron chi connectivity index (χ4n) is 1.86. The van der Waals surface area contributed by atoms with Crippen LogP contribution in [-0.4, -0.2) is 26.8 Å². The number of hydrogen-bond acceptors (Lipinski definition) is 5. The Kier molecular flexibility index (Phi) is 3.44. The minimum Gasteiger partial charge on any atom is -0.393 e. The van der Waals surface area contributed by atoms with E-state index in [-0.39, 0.29) is 6.10 Å². The number of aliphatic hydroxyl groups excluding tert-OH is 1. The van der Waals surface area contributed by atoms with Gasteiger partial charge in [0.15, 0.2) is 0 Å². The lowest BCUT2D eigenvalue weighted by atomic mass is 9.93. The van der Waals surface area contributed by atoms with Crippen LogP contribution < -0.4 is 5.32 Å². The van der Waals surface area contributed by atoms with Gasteiger partial charge in [-0.05, 0) is 37.2 Å². The molecule has 0 amide bonds. The lowest BCUT2D eigenvalue weighted by molar-refractivity contribution is 0.111. The zero-order valence-corrected chi connectivity index (χ0v) is 8.83. The molecule has 2 unspecified atom stereocenters. The van der Waals surface area contributed by atoms with Crippen molar-refractivity contribution in [3.8, 4) is 0 Å². The number of nitrogens with one attached hydrogen (secondary N) is 1. The van der Waals surface area contributed by atoms with E-state index >= 15 is 0 Å². The predicted molar refractivity (Wildman–Crippen MR) is 55.0 cm³/mol. The van der Waals surface area contributed by atoms with Crippen molar-refractivity contribution in [1.82, 2.24) is 14.9 Å². The molecular weight excluding hydrogens is 198 g/mol. The van der Waals surface area contributed by atoms with Crippen molar-refractivity contribution >= 4 is 11.5 Å². The highest BCUT2D eigenvalue weighted by Crippen LogP contribution is 2.18. The number of aromatic nitrogens is 2. The highest BCUT2D eigenvalue weighted by molar-refractivity contribution is 7.03. The van der Waals surface area contributed by atoms with Crippen molar-refractivity contribution in [2.24, 2.45) is 0 Å². The molecular formula is C9H15N3OS. The average Bonchev–Trinajstić information content (AvgIpc) is 2.67. The molecule has 0 radical (unpaired) electrons. The van der Waals surface area contributed by atoms with Gasteiger partial charge in [-0.1, -0.05) is 4.49 Å². The van der Waals surface area contributed by atoms with E-state index in [0.29, 0.717) is 6.04 Å². The Morgan fingerprint density at radius 2 is 2.50 bits per heavy atom. The second-order valence-corrected chi connectivity index (χ2v) is 4.40. The van der Waals surface area contributed by atoms with Gasteiger partial charge in [-0.2, -0.15) is 0 Å². The first-order chi connectivity index (χ1) is 6.84. The van der Waals surface area contributed by atoms with Crippen molar-refractivity contribution in [2.75, 3.05) is 0 Å². The van der Waals surface area contributed by atoms with Gasteiger partial charge in [0.2, 0.25) is 0 Å². The number of nitrogens with zero attached hydrogens (tertiary/aromatic N) is 2. The molecule has 4 nitrogen and oxygen atoms in total. The van der Waals surface area contributed by atoms with Crippen LogP contribution in [0.5, 0.6) is 0 Å². The van der Waals surface area contributed by atoms with Gasteiger partial charge in [0.1, 0.15) is 0 Å². The predicted octanol–water partition coefficient (Wildman–Crippen LogP) is 0.931. The zero-order valence-electron chi connectivity index (χ0n) is 8.02. The SMILES string of the molecule is OC1CCCC(NCc2csnn2)C1. The molecule has 1 saturated carbocycles. The minimum atomic E-state index is -0.116. The third-order valence-electron chi connectivity index (χ3n) is 2.62. The first kappa shape index (κ1) is 10.0. The smallest absolute Gasteiger partial charge is 0.0893 e. The summed E-state index contributed by atoms with van der Waals surface area (Å²) in [5.41, 5.74) is 0.995. The highest BCUT2D eigenvalue weighted by atomic mass is 32.1. The first-order valence-corrected chi connectivity index (χ1v) is 5.85. The molecule has 0 spiro atoms. The van der Waals surface area contributed by atoms with Gasteiger partial charge in [-0.3, -0.25) is 0 Å². The van der Waals surface area contributed by atoms with E-state index in [4.69, 9.17) is 0 Å². The van der Waals surface area contributed by atoms with Crippen LogP contribution in [0, 0.1) is 0 Å². The Balaban J connectivity index is 1.75. The van der Waals surface area contributed by atoms with Crippen LogP contribution in [0.4, 0.5) is 0 Å². The molecule has 5 heteroatoms. The summed E-state index contributed by atoms with van der Waals surface area (Å²) in [5, 5.41) is 18.8. The molecule has 0 aromatic carbocycles. The summed E-state index contributed by atoms with van der Waals surface area (Å²) in [7, 11) is 0. The van der Waals surface area contributed by atoms with Crippen molar-refractivity contribution in [1.29, 1.82) is 0 Å². The van der Waals surface area contributed by atoms with Gasteiger partial charge in [-0.25, -0.2) is 0 Å². The van der Waals surface area contributed by atoms with Crippen LogP contribution in [0.2, 0.25) is 0 Å². The molecule has 0 saturated heterocycles. The Morgan fingerprint density at radius 1 is 1.57 bits per heavy atom. The van der Waals surface area contributed by atoms with E-state index in [1.54, 1.807) is 0 Å². The molecule has 0 aliphatic heterocycles. The zero-order chi connectivity index (χ0) is 9.80. The average molecular weight is 213 g/mol. The third kappa shape index (κ3) is 2.73. The Morgan fingerprint density at radius 3 is 3.21 bits per heavy atom. The van der Waals surface area contributed by atoms with Crippen LogP contribution in [0.25, 0.3) is 0 Å². The summed E-state index contributed by atoms with van der Waals surface area (Å²) in [6, 6.07) is 0.445. The molecule has 0 bridgehead atoms. The maximum Gasteiger partial charge on any atom is 0.0893 e. The molecule has 1 aromatic rings. The summed E-state index contributed by atoms with van der Waals surface area (Å²) in [5.74, 6) is 0. The molecule has 14 heavy (non-hydrogen) atoms. The fraction of sp³-hybridized carbons (Fsp3) is 0.778. The first-order valence-electron chi connectivity index (χ1n) is 5.02. The quantitative estimate of drug-likeness (QED) is 0.784. The van der Waals surface area contributed by atoms with E-state index in [1.807, 2.05) is 5.38 Å². The molecule has 1 heterocycles. The van der Waals surface area contributed by atoms with Crippen LogP contribution in [-0.2, 0) is 6.54 Å². The van der Waals surface area contributed by atoms with Gasteiger partial charge in [-0.15, -0.1) is 5.10 Å². The number of rotatable bonds is 3. The fourth-order valence-corrected chi connectivity index (χ4v) is 2.31. The minimum absolute atomic E-state index is 0.116. The summed E-state index contributed by atoms with van der Waals surface area (Å²) >= 11 is 1.38. The topological polar surface area (TPSA) is 58.0 Å². The molecule has 2 atom stereocenters. The van der Waals surface area contributed by atoms with Crippen molar-refractivity contribution in [2.45, 2.75) is 44.4 Å². The maximum absolute atomic E-state index is 9.47. The standard InChI is InChI=1S/C9H15N3OS/c13-9-3-1-2-7(4-9)10-5-8-6-14-12-11-8/h6-7,9-10,13H,1-5H2. The highest BCUT2D eigenvalue weighted by Gasteiger charge is 2.19. The van der Waals surface area contributed by atoms with Gasteiger partial charge in [0, 0.05) is 18.0 Å². The molecule has 1 aliphatic carbocycles. The largest absolute Gasteiger partial charge is 0.393 e. The molecule has 1 aromatic heterocycles. The molecule has 1 fully saturated rings. The van der Waals surface area contributed by atoms with E-state index in [0.717, 1.165) is 37.9 Å². The number of hydrogen-bond donors (Lipinski definition) is 2. The van der Waals surface area contributed by atoms with Crippen molar-refractivity contribution < 1.29 is 5.11 Å². The summed E-state index contributed by atoms with van der Waals surface area (Å²) in [4.78, 5) is 0. The maximum atomic E-state index is 9.47. The molecule has 2 N–H and O–H groups in total. The monoisotopic (exact) mass is 213 g/mol. The van der Waals surface area contributed by atoms with Crippen LogP contribution >= 0.6 is 11.5 Å². The van der Waals surface area contributed by atoms with Crippen LogP contribution in [0.1, 0.15) is 31.4 Å². The third-order valence-corrected chi connectivity index (χ3v) is 3.18. The second-order valence-electron chi connectivity index (χ2n) is 3.79. The lowest BCUT2D eigenvalue weighted by Crippen LogP contribution is -2.35. The van der Waals surface area contributed by atoms with E-state index in [1.165, 1.54) is 11.5 Å². The number of aliphatic hydroxyl groups is 1. The van der Waals surface area contributed by atoms with Crippen LogP contribution in [0.3, 0.4) is 0 Å². The summed E-state index contributed by atoms with van der Waals surface area (Å²) in [6.45, 7) is 0.772. The van der Waals surface area contributed by atoms with E-state index < -0.39 is 0 Å². The van der Waals surface area contributed by atoms with E-state index in [9.17, 15) is 5.11 Å². The lowest BCUT2D eigenvalue weighted by Gasteiger charge is -2.26. The molecule has 2 rings (SSSR count). The van der Waals surface area contributed by atoms with Crippen molar-refractivity contribution in [3.05, 3.63) is 11.1 Å². The van der Waals surface area contributed by atoms with E-state index in [2.05, 4.69) is 14.9 Å². The summed E-state index contributed by atoms with van der Waals surface area (Å²) in [6.07, 6.45) is 3.99. The Hall–Kier alpha value is -0.520. The van der Waals surface area contributed by atoms with Crippen molar-refractivity contribution in [3.63, 3.8) is 0 Å². The van der Waals surface area contributed by atoms with Gasteiger partial charge < -0.3 is 10.4 Å². The molecule has 1 aliphatic rings. The Labute approximate surface area is 87.5 Å². The Bertz CT molecular complexity index is 265. The second kappa shape index (κ2) is 4.82. The van der Waals surface area contributed by atoms with Gasteiger partial charge in [0.05, 0.1) is 11.8 Å².